The third kappa shape index (κ3) is 5.50. The molecular weight excluding hydrogens is 292 g/mol. The van der Waals surface area contributed by atoms with Crippen LogP contribution in [0.4, 0.5) is 9.93 Å². The lowest BCUT2D eigenvalue weighted by atomic mass is 10.3. The summed E-state index contributed by atoms with van der Waals surface area (Å²) in [6, 6.07) is 8.84. The van der Waals surface area contributed by atoms with E-state index in [0.29, 0.717) is 30.7 Å². The topological polar surface area (TPSA) is 69.7 Å². The van der Waals surface area contributed by atoms with Gasteiger partial charge in [0.15, 0.2) is 5.13 Å². The zero-order valence-electron chi connectivity index (χ0n) is 11.6. The quantitative estimate of drug-likeness (QED) is 0.796. The van der Waals surface area contributed by atoms with E-state index < -0.39 is 6.09 Å². The van der Waals surface area contributed by atoms with Crippen LogP contribution >= 0.6 is 11.3 Å². The molecule has 0 aliphatic carbocycles. The lowest BCUT2D eigenvalue weighted by Gasteiger charge is -2.03. The number of rotatable bonds is 7. The molecule has 0 spiro atoms. The molecule has 0 unspecified atom stereocenters. The van der Waals surface area contributed by atoms with Crippen molar-refractivity contribution < 1.29 is 19.0 Å². The number of para-hydroxylation sites is 1. The van der Waals surface area contributed by atoms with Crippen molar-refractivity contribution in [2.24, 2.45) is 0 Å². The van der Waals surface area contributed by atoms with Crippen LogP contribution in [0.5, 0.6) is 5.75 Å². The van der Waals surface area contributed by atoms with Crippen molar-refractivity contribution in [1.82, 2.24) is 4.98 Å². The van der Waals surface area contributed by atoms with Gasteiger partial charge < -0.3 is 14.2 Å². The van der Waals surface area contributed by atoms with Gasteiger partial charge in [0.1, 0.15) is 5.75 Å². The Kier molecular flexibility index (Phi) is 6.14. The van der Waals surface area contributed by atoms with Crippen LogP contribution in [0.25, 0.3) is 0 Å². The van der Waals surface area contributed by atoms with Crippen LogP contribution in [0.2, 0.25) is 0 Å². The van der Waals surface area contributed by atoms with E-state index in [1.165, 1.54) is 11.3 Å². The molecule has 1 heterocycles. The molecule has 0 bridgehead atoms. The fraction of sp³-hybridized carbons (Fsp3) is 0.286. The van der Waals surface area contributed by atoms with Gasteiger partial charge in [-0.3, -0.25) is 5.32 Å². The summed E-state index contributed by atoms with van der Waals surface area (Å²) in [4.78, 5) is 15.9. The molecule has 1 aromatic heterocycles. The summed E-state index contributed by atoms with van der Waals surface area (Å²) in [6.07, 6.45) is -0.567. The molecule has 0 saturated carbocycles. The lowest BCUT2D eigenvalue weighted by Crippen LogP contribution is -2.16. The van der Waals surface area contributed by atoms with Crippen LogP contribution in [0, 0.1) is 0 Å². The summed E-state index contributed by atoms with van der Waals surface area (Å²) in [5, 5.41) is 4.88. The first-order chi connectivity index (χ1) is 10.3. The van der Waals surface area contributed by atoms with Gasteiger partial charge in [-0.05, 0) is 12.1 Å². The number of thiazole rings is 1. The zero-order chi connectivity index (χ0) is 14.9. The third-order valence-electron chi connectivity index (χ3n) is 2.40. The molecule has 0 aliphatic heterocycles. The molecule has 21 heavy (non-hydrogen) atoms. The van der Waals surface area contributed by atoms with Crippen LogP contribution in [0.1, 0.15) is 5.69 Å². The van der Waals surface area contributed by atoms with E-state index in [4.69, 9.17) is 14.2 Å². The van der Waals surface area contributed by atoms with Crippen LogP contribution < -0.4 is 10.1 Å². The Labute approximate surface area is 126 Å². The van der Waals surface area contributed by atoms with Crippen LogP contribution in [-0.4, -0.2) is 31.4 Å². The Morgan fingerprint density at radius 1 is 1.29 bits per heavy atom. The van der Waals surface area contributed by atoms with Gasteiger partial charge >= 0.3 is 6.09 Å². The Balaban J connectivity index is 1.78. The minimum Gasteiger partial charge on any atom is -0.410 e. The minimum absolute atomic E-state index is 0.384. The molecule has 7 heteroatoms. The second-order valence-corrected chi connectivity index (χ2v) is 4.88. The molecule has 0 aliphatic rings. The maximum Gasteiger partial charge on any atom is 0.418 e. The summed E-state index contributed by atoms with van der Waals surface area (Å²) in [7, 11) is 1.62. The van der Waals surface area contributed by atoms with Crippen molar-refractivity contribution in [3.63, 3.8) is 0 Å². The Morgan fingerprint density at radius 3 is 2.86 bits per heavy atom. The fourth-order valence-electron chi connectivity index (χ4n) is 1.46. The van der Waals surface area contributed by atoms with E-state index in [1.807, 2.05) is 11.4 Å². The molecule has 112 valence electrons. The molecule has 1 aromatic carbocycles. The van der Waals surface area contributed by atoms with Crippen molar-refractivity contribution >= 4 is 22.6 Å². The number of carbonyl (C=O) groups is 1. The third-order valence-corrected chi connectivity index (χ3v) is 3.20. The highest BCUT2D eigenvalue weighted by molar-refractivity contribution is 7.13. The van der Waals surface area contributed by atoms with E-state index in [1.54, 1.807) is 31.4 Å². The minimum atomic E-state index is -0.567. The maximum atomic E-state index is 11.7. The van der Waals surface area contributed by atoms with Crippen LogP contribution in [-0.2, 0) is 16.1 Å². The average molecular weight is 308 g/mol. The lowest BCUT2D eigenvalue weighted by molar-refractivity contribution is 0.0604. The number of benzene rings is 1. The van der Waals surface area contributed by atoms with E-state index in [-0.39, 0.29) is 0 Å². The predicted octanol–water partition coefficient (Wildman–Crippen LogP) is 2.92. The maximum absolute atomic E-state index is 11.7. The van der Waals surface area contributed by atoms with Gasteiger partial charge in [-0.25, -0.2) is 9.78 Å². The molecule has 0 fully saturated rings. The number of ether oxygens (including phenoxy) is 3. The number of aromatic nitrogens is 1. The molecule has 0 radical (unpaired) electrons. The number of nitrogens with one attached hydrogen (secondary N) is 1. The first-order valence-corrected chi connectivity index (χ1v) is 7.21. The highest BCUT2D eigenvalue weighted by atomic mass is 32.1. The van der Waals surface area contributed by atoms with E-state index >= 15 is 0 Å². The second-order valence-electron chi connectivity index (χ2n) is 4.02. The first-order valence-electron chi connectivity index (χ1n) is 6.33. The van der Waals surface area contributed by atoms with E-state index in [0.717, 1.165) is 5.69 Å². The highest BCUT2D eigenvalue weighted by Gasteiger charge is 2.08. The van der Waals surface area contributed by atoms with Gasteiger partial charge in [0.2, 0.25) is 0 Å². The summed E-state index contributed by atoms with van der Waals surface area (Å²) >= 11 is 1.32. The van der Waals surface area contributed by atoms with E-state index in [9.17, 15) is 4.79 Å². The number of carbonyl (C=O) groups excluding carboxylic acids is 1. The average Bonchev–Trinajstić information content (AvgIpc) is 2.92. The molecule has 2 rings (SSSR count). The SMILES string of the molecule is COCCOCc1csc(NC(=O)Oc2ccccc2)n1. The molecular formula is C14H16N2O4S. The molecule has 1 amide bonds. The van der Waals surface area contributed by atoms with E-state index in [2.05, 4.69) is 10.3 Å². The van der Waals surface area contributed by atoms with Crippen LogP contribution in [0.3, 0.4) is 0 Å². The van der Waals surface area contributed by atoms with Crippen molar-refractivity contribution in [3.05, 3.63) is 41.4 Å². The summed E-state index contributed by atoms with van der Waals surface area (Å²) in [6.45, 7) is 1.43. The van der Waals surface area contributed by atoms with Gasteiger partial charge in [-0.15, -0.1) is 11.3 Å². The van der Waals surface area contributed by atoms with Crippen molar-refractivity contribution in [2.45, 2.75) is 6.61 Å². The molecule has 0 atom stereocenters. The van der Waals surface area contributed by atoms with Gasteiger partial charge in [0, 0.05) is 12.5 Å². The Hall–Kier alpha value is -1.96. The van der Waals surface area contributed by atoms with Crippen molar-refractivity contribution in [2.75, 3.05) is 25.6 Å². The van der Waals surface area contributed by atoms with Gasteiger partial charge in [-0.2, -0.15) is 0 Å². The number of nitrogens with zero attached hydrogens (tertiary/aromatic N) is 1. The molecule has 6 nitrogen and oxygen atoms in total. The standard InChI is InChI=1S/C14H16N2O4S/c1-18-7-8-19-9-11-10-21-13(15-11)16-14(17)20-12-5-3-2-4-6-12/h2-6,10H,7-9H2,1H3,(H,15,16,17). The van der Waals surface area contributed by atoms with Gasteiger partial charge in [0.25, 0.3) is 0 Å². The van der Waals surface area contributed by atoms with Crippen LogP contribution in [0.15, 0.2) is 35.7 Å². The zero-order valence-corrected chi connectivity index (χ0v) is 12.4. The highest BCUT2D eigenvalue weighted by Crippen LogP contribution is 2.17. The molecule has 2 aromatic rings. The number of anilines is 1. The number of amides is 1. The largest absolute Gasteiger partial charge is 0.418 e. The van der Waals surface area contributed by atoms with Crippen molar-refractivity contribution in [1.29, 1.82) is 0 Å². The first kappa shape index (κ1) is 15.4. The number of hydrogen-bond acceptors (Lipinski definition) is 6. The van der Waals surface area contributed by atoms with Crippen molar-refractivity contribution in [3.8, 4) is 5.75 Å². The van der Waals surface area contributed by atoms with Gasteiger partial charge in [0.05, 0.1) is 25.5 Å². The monoisotopic (exact) mass is 308 g/mol. The normalized spacial score (nSPS) is 10.3. The summed E-state index contributed by atoms with van der Waals surface area (Å²) in [5.41, 5.74) is 0.756. The number of methoxy groups -OCH3 is 1. The smallest absolute Gasteiger partial charge is 0.410 e. The Morgan fingerprint density at radius 2 is 2.10 bits per heavy atom. The predicted molar refractivity (Wildman–Crippen MR) is 79.7 cm³/mol. The number of hydrogen-bond donors (Lipinski definition) is 1. The summed E-state index contributed by atoms with van der Waals surface area (Å²) in [5.74, 6) is 0.481. The fourth-order valence-corrected chi connectivity index (χ4v) is 2.14. The molecule has 0 saturated heterocycles. The molecule has 1 N–H and O–H groups in total. The summed E-state index contributed by atoms with van der Waals surface area (Å²) < 4.78 is 15.3. The Bertz CT molecular complexity index is 559. The second kappa shape index (κ2) is 8.35. The van der Waals surface area contributed by atoms with Gasteiger partial charge in [-0.1, -0.05) is 18.2 Å².